The van der Waals surface area contributed by atoms with E-state index in [0.29, 0.717) is 11.6 Å². The monoisotopic (exact) mass is 306 g/mol. The van der Waals surface area contributed by atoms with Crippen molar-refractivity contribution >= 4 is 29.3 Å². The van der Waals surface area contributed by atoms with Gasteiger partial charge in [0.05, 0.1) is 6.61 Å². The molecule has 2 aromatic carbocycles. The Labute approximate surface area is 128 Å². The van der Waals surface area contributed by atoms with Crippen LogP contribution in [0.15, 0.2) is 59.5 Å². The van der Waals surface area contributed by atoms with E-state index in [0.717, 1.165) is 10.5 Å². The zero-order valence-corrected chi connectivity index (χ0v) is 12.7. The first-order valence-corrected chi connectivity index (χ1v) is 7.60. The van der Waals surface area contributed by atoms with Gasteiger partial charge in [0.2, 0.25) is 0 Å². The Morgan fingerprint density at radius 3 is 2.40 bits per heavy atom. The van der Waals surface area contributed by atoms with Crippen molar-refractivity contribution in [2.24, 2.45) is 0 Å². The van der Waals surface area contributed by atoms with Crippen molar-refractivity contribution < 1.29 is 9.53 Å². The molecule has 4 heteroatoms. The van der Waals surface area contributed by atoms with Crippen molar-refractivity contribution in [3.63, 3.8) is 0 Å². The number of hydrogen-bond donors (Lipinski definition) is 0. The molecule has 0 aliphatic rings. The molecule has 0 aliphatic carbocycles. The van der Waals surface area contributed by atoms with E-state index in [9.17, 15) is 4.79 Å². The number of ether oxygens (including phenoxy) is 1. The molecule has 20 heavy (non-hydrogen) atoms. The van der Waals surface area contributed by atoms with E-state index in [4.69, 9.17) is 16.3 Å². The Bertz CT molecular complexity index is 554. The molecule has 0 fully saturated rings. The highest BCUT2D eigenvalue weighted by molar-refractivity contribution is 8.00. The Morgan fingerprint density at radius 2 is 1.80 bits per heavy atom. The summed E-state index contributed by atoms with van der Waals surface area (Å²) in [4.78, 5) is 13.1. The lowest BCUT2D eigenvalue weighted by atomic mass is 10.1. The molecule has 2 rings (SSSR count). The fraction of sp³-hybridized carbons (Fsp3) is 0.188. The molecule has 0 aromatic heterocycles. The smallest absolute Gasteiger partial charge is 0.323 e. The van der Waals surface area contributed by atoms with E-state index in [-0.39, 0.29) is 11.2 Å². The summed E-state index contributed by atoms with van der Waals surface area (Å²) in [6.45, 7) is 2.19. The van der Waals surface area contributed by atoms with Gasteiger partial charge in [-0.15, -0.1) is 11.8 Å². The van der Waals surface area contributed by atoms with Crippen LogP contribution in [-0.4, -0.2) is 12.6 Å². The van der Waals surface area contributed by atoms with E-state index in [1.54, 1.807) is 0 Å². The largest absolute Gasteiger partial charge is 0.465 e. The van der Waals surface area contributed by atoms with Crippen molar-refractivity contribution in [1.29, 1.82) is 0 Å². The van der Waals surface area contributed by atoms with Crippen LogP contribution in [0.25, 0.3) is 0 Å². The van der Waals surface area contributed by atoms with Crippen LogP contribution in [0.3, 0.4) is 0 Å². The summed E-state index contributed by atoms with van der Waals surface area (Å²) in [5.41, 5.74) is 0.936. The molecule has 0 N–H and O–H groups in total. The van der Waals surface area contributed by atoms with Crippen LogP contribution in [0.5, 0.6) is 0 Å². The molecule has 0 saturated carbocycles. The van der Waals surface area contributed by atoms with Crippen LogP contribution < -0.4 is 0 Å². The first kappa shape index (κ1) is 14.9. The van der Waals surface area contributed by atoms with Gasteiger partial charge < -0.3 is 4.74 Å². The minimum Gasteiger partial charge on any atom is -0.465 e. The first-order valence-electron chi connectivity index (χ1n) is 6.34. The van der Waals surface area contributed by atoms with Crippen LogP contribution in [0.1, 0.15) is 17.7 Å². The number of carbonyl (C=O) groups excluding carboxylic acids is 1. The van der Waals surface area contributed by atoms with Crippen molar-refractivity contribution in [3.8, 4) is 0 Å². The third-order valence-electron chi connectivity index (χ3n) is 2.67. The first-order chi connectivity index (χ1) is 9.70. The van der Waals surface area contributed by atoms with Gasteiger partial charge in [0.15, 0.2) is 0 Å². The Kier molecular flexibility index (Phi) is 5.50. The second-order valence-electron chi connectivity index (χ2n) is 4.11. The third kappa shape index (κ3) is 4.02. The predicted octanol–water partition coefficient (Wildman–Crippen LogP) is 4.74. The molecule has 0 unspecified atom stereocenters. The summed E-state index contributed by atoms with van der Waals surface area (Å²) >= 11 is 7.34. The molecule has 104 valence electrons. The van der Waals surface area contributed by atoms with Crippen LogP contribution in [-0.2, 0) is 9.53 Å². The normalized spacial score (nSPS) is 11.9. The number of rotatable bonds is 5. The summed E-state index contributed by atoms with van der Waals surface area (Å²) in [5.74, 6) is -0.223. The van der Waals surface area contributed by atoms with Crippen LogP contribution in [0.2, 0.25) is 5.02 Å². The number of carbonyl (C=O) groups is 1. The minimum absolute atomic E-state index is 0.223. The molecule has 0 bridgehead atoms. The minimum atomic E-state index is -0.364. The summed E-state index contributed by atoms with van der Waals surface area (Å²) in [7, 11) is 0. The number of thioether (sulfide) groups is 1. The molecule has 0 radical (unpaired) electrons. The zero-order chi connectivity index (χ0) is 14.4. The average molecular weight is 307 g/mol. The topological polar surface area (TPSA) is 26.3 Å². The molecule has 0 saturated heterocycles. The SMILES string of the molecule is CCOC(=O)[C@@H](Sc1ccc(Cl)cc1)c1ccccc1. The standard InChI is InChI=1S/C16H15ClO2S/c1-2-19-16(18)15(12-6-4-3-5-7-12)20-14-10-8-13(17)9-11-14/h3-11,15H,2H2,1H3/t15-/m0/s1. The van der Waals surface area contributed by atoms with Crippen molar-refractivity contribution in [2.75, 3.05) is 6.61 Å². The van der Waals surface area contributed by atoms with Crippen LogP contribution >= 0.6 is 23.4 Å². The van der Waals surface area contributed by atoms with Crippen molar-refractivity contribution in [3.05, 3.63) is 65.2 Å². The van der Waals surface area contributed by atoms with Gasteiger partial charge in [0.25, 0.3) is 0 Å². The highest BCUT2D eigenvalue weighted by atomic mass is 35.5. The van der Waals surface area contributed by atoms with Gasteiger partial charge in [-0.3, -0.25) is 4.79 Å². The maximum absolute atomic E-state index is 12.1. The van der Waals surface area contributed by atoms with E-state index in [1.165, 1.54) is 11.8 Å². The Hall–Kier alpha value is -1.45. The van der Waals surface area contributed by atoms with Gasteiger partial charge >= 0.3 is 5.97 Å². The number of hydrogen-bond acceptors (Lipinski definition) is 3. The Morgan fingerprint density at radius 1 is 1.15 bits per heavy atom. The van der Waals surface area contributed by atoms with Gasteiger partial charge in [-0.25, -0.2) is 0 Å². The highest BCUT2D eigenvalue weighted by Crippen LogP contribution is 2.36. The lowest BCUT2D eigenvalue weighted by Gasteiger charge is -2.15. The van der Waals surface area contributed by atoms with Gasteiger partial charge in [0, 0.05) is 9.92 Å². The zero-order valence-electron chi connectivity index (χ0n) is 11.1. The van der Waals surface area contributed by atoms with Gasteiger partial charge in [-0.2, -0.15) is 0 Å². The fourth-order valence-corrected chi connectivity index (χ4v) is 2.90. The van der Waals surface area contributed by atoms with E-state index in [2.05, 4.69) is 0 Å². The molecular formula is C16H15ClO2S. The molecule has 2 aromatic rings. The molecule has 0 spiro atoms. The average Bonchev–Trinajstić information content (AvgIpc) is 2.48. The fourth-order valence-electron chi connectivity index (χ4n) is 1.75. The van der Waals surface area contributed by atoms with Gasteiger partial charge in [-0.05, 0) is 36.8 Å². The summed E-state index contributed by atoms with van der Waals surface area (Å²) in [5, 5.41) is 0.319. The number of benzene rings is 2. The maximum atomic E-state index is 12.1. The molecular weight excluding hydrogens is 292 g/mol. The predicted molar refractivity (Wildman–Crippen MR) is 83.1 cm³/mol. The lowest BCUT2D eigenvalue weighted by Crippen LogP contribution is -2.13. The number of esters is 1. The molecule has 0 aliphatic heterocycles. The van der Waals surface area contributed by atoms with E-state index >= 15 is 0 Å². The highest BCUT2D eigenvalue weighted by Gasteiger charge is 2.23. The Balaban J connectivity index is 2.23. The van der Waals surface area contributed by atoms with Crippen LogP contribution in [0.4, 0.5) is 0 Å². The quantitative estimate of drug-likeness (QED) is 0.590. The summed E-state index contributed by atoms with van der Waals surface area (Å²) < 4.78 is 5.17. The second-order valence-corrected chi connectivity index (χ2v) is 5.73. The molecule has 2 nitrogen and oxygen atoms in total. The van der Waals surface area contributed by atoms with Gasteiger partial charge in [0.1, 0.15) is 5.25 Å². The third-order valence-corrected chi connectivity index (χ3v) is 4.17. The molecule has 0 heterocycles. The second kappa shape index (κ2) is 7.36. The van der Waals surface area contributed by atoms with Crippen LogP contribution in [0, 0.1) is 0 Å². The number of halogens is 1. The maximum Gasteiger partial charge on any atom is 0.323 e. The van der Waals surface area contributed by atoms with Crippen molar-refractivity contribution in [2.45, 2.75) is 17.1 Å². The van der Waals surface area contributed by atoms with E-state index in [1.807, 2.05) is 61.5 Å². The molecule has 0 amide bonds. The van der Waals surface area contributed by atoms with Gasteiger partial charge in [-0.1, -0.05) is 41.9 Å². The summed E-state index contributed by atoms with van der Waals surface area (Å²) in [6.07, 6.45) is 0. The van der Waals surface area contributed by atoms with Crippen molar-refractivity contribution in [1.82, 2.24) is 0 Å². The lowest BCUT2D eigenvalue weighted by molar-refractivity contribution is -0.142. The summed E-state index contributed by atoms with van der Waals surface area (Å²) in [6, 6.07) is 17.1. The van der Waals surface area contributed by atoms with E-state index < -0.39 is 0 Å². The molecule has 1 atom stereocenters.